The molecule has 16 heavy (non-hydrogen) atoms. The Balaban J connectivity index is 2.03. The van der Waals surface area contributed by atoms with Crippen molar-refractivity contribution in [2.75, 3.05) is 6.61 Å². The van der Waals surface area contributed by atoms with E-state index >= 15 is 0 Å². The lowest BCUT2D eigenvalue weighted by Gasteiger charge is -1.93. The van der Waals surface area contributed by atoms with Crippen molar-refractivity contribution in [3.63, 3.8) is 0 Å². The van der Waals surface area contributed by atoms with E-state index in [-0.39, 0.29) is 12.2 Å². The highest BCUT2D eigenvalue weighted by molar-refractivity contribution is 5.87. The SMILES string of the molecule is O=C(O)c1ccc(C#C[C@@H]2C[C@H]2CO)cc1. The van der Waals surface area contributed by atoms with Crippen LogP contribution in [-0.2, 0) is 0 Å². The second-order valence-corrected chi connectivity index (χ2v) is 3.94. The van der Waals surface area contributed by atoms with E-state index in [1.807, 2.05) is 0 Å². The standard InChI is InChI=1S/C13H12O3/c14-8-12-7-11(12)6-3-9-1-4-10(5-2-9)13(15)16/h1-2,4-5,11-12,14H,7-8H2,(H,15,16)/t11-,12+/m1/s1. The van der Waals surface area contributed by atoms with Crippen LogP contribution in [0.1, 0.15) is 22.3 Å². The van der Waals surface area contributed by atoms with Gasteiger partial charge in [0.15, 0.2) is 0 Å². The maximum absolute atomic E-state index is 10.6. The summed E-state index contributed by atoms with van der Waals surface area (Å²) in [6.07, 6.45) is 0.969. The molecule has 2 rings (SSSR count). The number of carbonyl (C=O) groups is 1. The monoisotopic (exact) mass is 216 g/mol. The molecule has 1 saturated carbocycles. The smallest absolute Gasteiger partial charge is 0.335 e. The molecule has 1 aromatic rings. The van der Waals surface area contributed by atoms with Gasteiger partial charge in [0, 0.05) is 18.1 Å². The maximum atomic E-state index is 10.6. The minimum absolute atomic E-state index is 0.206. The average molecular weight is 216 g/mol. The van der Waals surface area contributed by atoms with Crippen molar-refractivity contribution >= 4 is 5.97 Å². The van der Waals surface area contributed by atoms with Crippen LogP contribution in [0.25, 0.3) is 0 Å². The Morgan fingerprint density at radius 1 is 1.38 bits per heavy atom. The van der Waals surface area contributed by atoms with Crippen molar-refractivity contribution < 1.29 is 15.0 Å². The zero-order valence-electron chi connectivity index (χ0n) is 8.68. The number of carboxylic acids is 1. The topological polar surface area (TPSA) is 57.5 Å². The van der Waals surface area contributed by atoms with Gasteiger partial charge >= 0.3 is 5.97 Å². The van der Waals surface area contributed by atoms with Crippen molar-refractivity contribution in [1.82, 2.24) is 0 Å². The summed E-state index contributed by atoms with van der Waals surface area (Å²) >= 11 is 0. The first-order chi connectivity index (χ1) is 7.70. The Labute approximate surface area is 93.7 Å². The summed E-state index contributed by atoms with van der Waals surface area (Å²) in [7, 11) is 0. The van der Waals surface area contributed by atoms with Gasteiger partial charge < -0.3 is 10.2 Å². The summed E-state index contributed by atoms with van der Waals surface area (Å²) in [5.74, 6) is 5.77. The molecular formula is C13H12O3. The maximum Gasteiger partial charge on any atom is 0.335 e. The van der Waals surface area contributed by atoms with Gasteiger partial charge in [-0.2, -0.15) is 0 Å². The number of benzene rings is 1. The second kappa shape index (κ2) is 4.38. The molecule has 0 heterocycles. The average Bonchev–Trinajstić information content (AvgIpc) is 3.05. The van der Waals surface area contributed by atoms with Crippen molar-refractivity contribution in [2.45, 2.75) is 6.42 Å². The minimum Gasteiger partial charge on any atom is -0.478 e. The highest BCUT2D eigenvalue weighted by atomic mass is 16.4. The molecule has 0 aromatic heterocycles. The van der Waals surface area contributed by atoms with E-state index in [0.717, 1.165) is 12.0 Å². The first-order valence-corrected chi connectivity index (χ1v) is 5.16. The molecule has 0 unspecified atom stereocenters. The van der Waals surface area contributed by atoms with Gasteiger partial charge in [-0.25, -0.2) is 4.79 Å². The van der Waals surface area contributed by atoms with Crippen molar-refractivity contribution in [2.24, 2.45) is 11.8 Å². The van der Waals surface area contributed by atoms with Gasteiger partial charge in [0.25, 0.3) is 0 Å². The Hall–Kier alpha value is -1.79. The third-order valence-corrected chi connectivity index (χ3v) is 2.69. The van der Waals surface area contributed by atoms with E-state index in [1.54, 1.807) is 24.3 Å². The molecule has 0 aliphatic heterocycles. The van der Waals surface area contributed by atoms with E-state index < -0.39 is 5.97 Å². The molecule has 1 aliphatic rings. The van der Waals surface area contributed by atoms with E-state index in [9.17, 15) is 4.79 Å². The number of hydrogen-bond acceptors (Lipinski definition) is 2. The van der Waals surface area contributed by atoms with Crippen LogP contribution >= 0.6 is 0 Å². The molecule has 0 radical (unpaired) electrons. The number of hydrogen-bond donors (Lipinski definition) is 2. The van der Waals surface area contributed by atoms with E-state index in [2.05, 4.69) is 11.8 Å². The molecule has 0 spiro atoms. The summed E-state index contributed by atoms with van der Waals surface area (Å²) in [4.78, 5) is 10.6. The van der Waals surface area contributed by atoms with Crippen LogP contribution in [0.4, 0.5) is 0 Å². The van der Waals surface area contributed by atoms with Gasteiger partial charge in [-0.15, -0.1) is 0 Å². The molecule has 3 heteroatoms. The number of aliphatic hydroxyl groups is 1. The van der Waals surface area contributed by atoms with Crippen molar-refractivity contribution in [1.29, 1.82) is 0 Å². The number of aliphatic hydroxyl groups excluding tert-OH is 1. The summed E-state index contributed by atoms with van der Waals surface area (Å²) in [6, 6.07) is 6.49. The second-order valence-electron chi connectivity index (χ2n) is 3.94. The molecular weight excluding hydrogens is 204 g/mol. The van der Waals surface area contributed by atoms with Crippen molar-refractivity contribution in [3.05, 3.63) is 35.4 Å². The van der Waals surface area contributed by atoms with Crippen LogP contribution in [0, 0.1) is 23.7 Å². The predicted octanol–water partition coefficient (Wildman–Crippen LogP) is 1.36. The third kappa shape index (κ3) is 2.41. The molecule has 0 saturated heterocycles. The molecule has 0 amide bonds. The number of rotatable bonds is 2. The summed E-state index contributed by atoms with van der Waals surface area (Å²) in [5.41, 5.74) is 1.08. The van der Waals surface area contributed by atoms with Gasteiger partial charge in [-0.05, 0) is 36.6 Å². The van der Waals surface area contributed by atoms with E-state index in [0.29, 0.717) is 11.8 Å². The first kappa shape index (κ1) is 10.7. The van der Waals surface area contributed by atoms with Crippen LogP contribution in [0.15, 0.2) is 24.3 Å². The van der Waals surface area contributed by atoms with Gasteiger partial charge in [0.2, 0.25) is 0 Å². The lowest BCUT2D eigenvalue weighted by Crippen LogP contribution is -1.94. The fourth-order valence-corrected chi connectivity index (χ4v) is 1.50. The van der Waals surface area contributed by atoms with Crippen LogP contribution in [0.3, 0.4) is 0 Å². The van der Waals surface area contributed by atoms with Crippen LogP contribution in [0.5, 0.6) is 0 Å². The zero-order chi connectivity index (χ0) is 11.5. The van der Waals surface area contributed by atoms with Gasteiger partial charge in [0.05, 0.1) is 5.56 Å². The summed E-state index contributed by atoms with van der Waals surface area (Å²) in [5, 5.41) is 17.5. The fraction of sp³-hybridized carbons (Fsp3) is 0.308. The van der Waals surface area contributed by atoms with Gasteiger partial charge in [-0.1, -0.05) is 11.8 Å². The Morgan fingerprint density at radius 2 is 2.06 bits per heavy atom. The quantitative estimate of drug-likeness (QED) is 0.734. The highest BCUT2D eigenvalue weighted by Gasteiger charge is 2.34. The highest BCUT2D eigenvalue weighted by Crippen LogP contribution is 2.36. The Bertz CT molecular complexity index is 450. The van der Waals surface area contributed by atoms with Crippen LogP contribution in [0.2, 0.25) is 0 Å². The van der Waals surface area contributed by atoms with E-state index in [1.165, 1.54) is 0 Å². The molecule has 0 bridgehead atoms. The lowest BCUT2D eigenvalue weighted by molar-refractivity contribution is 0.0697. The largest absolute Gasteiger partial charge is 0.478 e. The molecule has 2 atom stereocenters. The molecule has 3 nitrogen and oxygen atoms in total. The molecule has 1 fully saturated rings. The fourth-order valence-electron chi connectivity index (χ4n) is 1.50. The Kier molecular flexibility index (Phi) is 2.93. The van der Waals surface area contributed by atoms with Crippen molar-refractivity contribution in [3.8, 4) is 11.8 Å². The van der Waals surface area contributed by atoms with Crippen LogP contribution < -0.4 is 0 Å². The Morgan fingerprint density at radius 3 is 2.56 bits per heavy atom. The van der Waals surface area contributed by atoms with E-state index in [4.69, 9.17) is 10.2 Å². The minimum atomic E-state index is -0.929. The van der Waals surface area contributed by atoms with Gasteiger partial charge in [-0.3, -0.25) is 0 Å². The molecule has 2 N–H and O–H groups in total. The molecule has 1 aliphatic carbocycles. The van der Waals surface area contributed by atoms with Crippen LogP contribution in [-0.4, -0.2) is 22.8 Å². The predicted molar refractivity (Wildman–Crippen MR) is 59.0 cm³/mol. The lowest BCUT2D eigenvalue weighted by atomic mass is 10.1. The normalized spacial score (nSPS) is 22.1. The summed E-state index contributed by atoms with van der Waals surface area (Å²) in [6.45, 7) is 0.206. The van der Waals surface area contributed by atoms with Gasteiger partial charge in [0.1, 0.15) is 0 Å². The summed E-state index contributed by atoms with van der Waals surface area (Å²) < 4.78 is 0. The molecule has 82 valence electrons. The molecule has 1 aromatic carbocycles. The number of carboxylic acid groups (broad SMARTS) is 1. The first-order valence-electron chi connectivity index (χ1n) is 5.16. The number of aromatic carboxylic acids is 1. The third-order valence-electron chi connectivity index (χ3n) is 2.69. The zero-order valence-corrected chi connectivity index (χ0v) is 8.68.